The number of aliphatic imine (C=N–C) groups is 1. The van der Waals surface area contributed by atoms with E-state index in [0.717, 1.165) is 5.56 Å². The lowest BCUT2D eigenvalue weighted by atomic mass is 9.95. The molecule has 3 nitrogen and oxygen atoms in total. The molecule has 0 radical (unpaired) electrons. The topological polar surface area (TPSA) is 36.4 Å². The summed E-state index contributed by atoms with van der Waals surface area (Å²) in [6.07, 6.45) is 0. The van der Waals surface area contributed by atoms with Crippen LogP contribution >= 0.6 is 0 Å². The molecule has 6 heteroatoms. The summed E-state index contributed by atoms with van der Waals surface area (Å²) in [4.78, 5) is 4.64. The number of rotatable bonds is 4. The second kappa shape index (κ2) is 7.76. The quantitative estimate of drug-likeness (QED) is 0.691. The van der Waals surface area contributed by atoms with E-state index in [1.807, 2.05) is 0 Å². The third kappa shape index (κ3) is 4.01. The molecule has 0 bridgehead atoms. The molecule has 2 atom stereocenters. The van der Waals surface area contributed by atoms with Crippen LogP contribution < -0.4 is 10.6 Å². The van der Waals surface area contributed by atoms with Gasteiger partial charge in [-0.15, -0.1) is 0 Å². The highest BCUT2D eigenvalue weighted by molar-refractivity contribution is 5.82. The summed E-state index contributed by atoms with van der Waals surface area (Å²) in [6.45, 7) is 0.370. The van der Waals surface area contributed by atoms with E-state index in [0.29, 0.717) is 23.6 Å². The Morgan fingerprint density at radius 2 is 1.39 bits per heavy atom. The maximum Gasteiger partial charge on any atom is 0.192 e. The average Bonchev–Trinajstić information content (AvgIpc) is 3.11. The van der Waals surface area contributed by atoms with E-state index in [9.17, 15) is 13.2 Å². The minimum absolute atomic E-state index is 0.309. The molecule has 0 saturated carbocycles. The molecule has 0 aromatic heterocycles. The highest BCUT2D eigenvalue weighted by Crippen LogP contribution is 2.36. The summed E-state index contributed by atoms with van der Waals surface area (Å²) >= 11 is 0. The zero-order valence-corrected chi connectivity index (χ0v) is 14.9. The first-order valence-corrected chi connectivity index (χ1v) is 8.92. The molecule has 4 rings (SSSR count). The number of hydrogen-bond donors (Lipinski definition) is 2. The van der Waals surface area contributed by atoms with Gasteiger partial charge in [-0.05, 0) is 53.1 Å². The standard InChI is InChI=1S/C22H18F3N3/c23-17-7-1-4-14(10-17)13-26-22-27-20(15-5-2-8-18(24)11-15)21(28-22)16-6-3-9-19(25)12-16/h1-12,20-21H,13H2,(H2,26,27,28)/t20-,21+. The largest absolute Gasteiger partial charge is 0.352 e. The molecule has 3 aromatic rings. The van der Waals surface area contributed by atoms with E-state index >= 15 is 0 Å². The number of hydrogen-bond acceptors (Lipinski definition) is 3. The van der Waals surface area contributed by atoms with Crippen LogP contribution in [-0.2, 0) is 6.54 Å². The maximum absolute atomic E-state index is 13.7. The number of guanidine groups is 1. The third-order valence-corrected chi connectivity index (χ3v) is 4.62. The first-order chi connectivity index (χ1) is 13.6. The Labute approximate surface area is 160 Å². The van der Waals surface area contributed by atoms with Gasteiger partial charge in [-0.2, -0.15) is 0 Å². The van der Waals surface area contributed by atoms with Gasteiger partial charge in [-0.25, -0.2) is 18.2 Å². The zero-order valence-electron chi connectivity index (χ0n) is 14.9. The van der Waals surface area contributed by atoms with Gasteiger partial charge >= 0.3 is 0 Å². The summed E-state index contributed by atoms with van der Waals surface area (Å²) in [6, 6.07) is 18.0. The molecule has 1 heterocycles. The highest BCUT2D eigenvalue weighted by atomic mass is 19.1. The van der Waals surface area contributed by atoms with Gasteiger partial charge in [0, 0.05) is 6.54 Å². The molecule has 2 N–H and O–H groups in total. The molecule has 3 aromatic carbocycles. The van der Waals surface area contributed by atoms with Crippen molar-refractivity contribution < 1.29 is 13.2 Å². The van der Waals surface area contributed by atoms with Crippen LogP contribution in [0.3, 0.4) is 0 Å². The average molecular weight is 381 g/mol. The van der Waals surface area contributed by atoms with Crippen molar-refractivity contribution in [2.24, 2.45) is 4.99 Å². The first-order valence-electron chi connectivity index (χ1n) is 8.92. The molecule has 1 aliphatic rings. The Balaban J connectivity index is 1.60. The van der Waals surface area contributed by atoms with Crippen molar-refractivity contribution in [2.75, 3.05) is 0 Å². The van der Waals surface area contributed by atoms with Crippen molar-refractivity contribution in [1.82, 2.24) is 10.6 Å². The number of halogens is 3. The van der Waals surface area contributed by atoms with Gasteiger partial charge in [0.25, 0.3) is 0 Å². The second-order valence-electron chi connectivity index (χ2n) is 6.64. The van der Waals surface area contributed by atoms with Gasteiger partial charge < -0.3 is 10.6 Å². The molecule has 0 aliphatic carbocycles. The van der Waals surface area contributed by atoms with Gasteiger partial charge in [0.15, 0.2) is 5.96 Å². The van der Waals surface area contributed by atoms with E-state index < -0.39 is 6.04 Å². The molecule has 142 valence electrons. The zero-order chi connectivity index (χ0) is 19.5. The van der Waals surface area contributed by atoms with Gasteiger partial charge in [0.05, 0.1) is 6.04 Å². The van der Waals surface area contributed by atoms with Gasteiger partial charge in [-0.1, -0.05) is 36.4 Å². The molecule has 0 spiro atoms. The fourth-order valence-electron chi connectivity index (χ4n) is 3.33. The van der Waals surface area contributed by atoms with Crippen LogP contribution in [0.5, 0.6) is 0 Å². The predicted molar refractivity (Wildman–Crippen MR) is 102 cm³/mol. The van der Waals surface area contributed by atoms with Crippen LogP contribution in [0.1, 0.15) is 28.8 Å². The molecule has 0 saturated heterocycles. The SMILES string of the molecule is Fc1cccc(CNC2=N[C@@H](c3cccc(F)c3)[C@@H](c3cccc(F)c3)N2)c1. The van der Waals surface area contributed by atoms with Gasteiger partial charge in [0.1, 0.15) is 23.5 Å². The van der Waals surface area contributed by atoms with Crippen LogP contribution in [0.15, 0.2) is 77.8 Å². The molecule has 1 aliphatic heterocycles. The lowest BCUT2D eigenvalue weighted by Crippen LogP contribution is -2.35. The van der Waals surface area contributed by atoms with Crippen molar-refractivity contribution in [3.8, 4) is 0 Å². The fourth-order valence-corrected chi connectivity index (χ4v) is 3.33. The van der Waals surface area contributed by atoms with E-state index in [2.05, 4.69) is 15.6 Å². The molecule has 0 unspecified atom stereocenters. The van der Waals surface area contributed by atoms with E-state index in [1.54, 1.807) is 36.4 Å². The normalized spacial score (nSPS) is 18.5. The first kappa shape index (κ1) is 18.1. The maximum atomic E-state index is 13.7. The van der Waals surface area contributed by atoms with Gasteiger partial charge in [0.2, 0.25) is 0 Å². The molecule has 28 heavy (non-hydrogen) atoms. The minimum atomic E-state index is -0.424. The molecular weight excluding hydrogens is 363 g/mol. The van der Waals surface area contributed by atoms with E-state index in [4.69, 9.17) is 0 Å². The Bertz CT molecular complexity index is 1020. The van der Waals surface area contributed by atoms with Crippen molar-refractivity contribution >= 4 is 5.96 Å². The smallest absolute Gasteiger partial charge is 0.192 e. The van der Waals surface area contributed by atoms with E-state index in [-0.39, 0.29) is 23.5 Å². The van der Waals surface area contributed by atoms with Crippen molar-refractivity contribution in [2.45, 2.75) is 18.6 Å². The van der Waals surface area contributed by atoms with E-state index in [1.165, 1.54) is 36.4 Å². The van der Waals surface area contributed by atoms with Crippen LogP contribution in [0.4, 0.5) is 13.2 Å². The van der Waals surface area contributed by atoms with Crippen LogP contribution in [0, 0.1) is 17.5 Å². The monoisotopic (exact) mass is 381 g/mol. The van der Waals surface area contributed by atoms with Gasteiger partial charge in [-0.3, -0.25) is 0 Å². The predicted octanol–water partition coefficient (Wildman–Crippen LogP) is 4.64. The Morgan fingerprint density at radius 3 is 2.07 bits per heavy atom. The Morgan fingerprint density at radius 1 is 0.786 bits per heavy atom. The van der Waals surface area contributed by atoms with Crippen molar-refractivity contribution in [3.63, 3.8) is 0 Å². The number of benzene rings is 3. The number of nitrogens with one attached hydrogen (secondary N) is 2. The van der Waals surface area contributed by atoms with Crippen molar-refractivity contribution in [1.29, 1.82) is 0 Å². The molecule has 0 fully saturated rings. The summed E-state index contributed by atoms with van der Waals surface area (Å²) in [5, 5.41) is 6.38. The fraction of sp³-hybridized carbons (Fsp3) is 0.136. The minimum Gasteiger partial charge on any atom is -0.352 e. The highest BCUT2D eigenvalue weighted by Gasteiger charge is 2.31. The summed E-state index contributed by atoms with van der Waals surface area (Å²) in [5.74, 6) is -0.519. The van der Waals surface area contributed by atoms with Crippen LogP contribution in [0.25, 0.3) is 0 Å². The third-order valence-electron chi connectivity index (χ3n) is 4.62. The Hall–Kier alpha value is -3.28. The van der Waals surface area contributed by atoms with Crippen LogP contribution in [-0.4, -0.2) is 5.96 Å². The lowest BCUT2D eigenvalue weighted by molar-refractivity contribution is 0.554. The summed E-state index contributed by atoms with van der Waals surface area (Å²) in [7, 11) is 0. The Kier molecular flexibility index (Phi) is 5.02. The molecular formula is C22H18F3N3. The van der Waals surface area contributed by atoms with Crippen molar-refractivity contribution in [3.05, 3.63) is 107 Å². The molecule has 0 amide bonds. The number of nitrogens with zero attached hydrogens (tertiary/aromatic N) is 1. The summed E-state index contributed by atoms with van der Waals surface area (Å²) < 4.78 is 40.8. The second-order valence-corrected chi connectivity index (χ2v) is 6.64. The summed E-state index contributed by atoms with van der Waals surface area (Å²) in [5.41, 5.74) is 2.16. The van der Waals surface area contributed by atoms with Crippen LogP contribution in [0.2, 0.25) is 0 Å². The lowest BCUT2D eigenvalue weighted by Gasteiger charge is -2.19.